The van der Waals surface area contributed by atoms with Gasteiger partial charge in [-0.3, -0.25) is 9.89 Å². The molecule has 0 aliphatic heterocycles. The average Bonchev–Trinajstić information content (AvgIpc) is 2.51. The predicted octanol–water partition coefficient (Wildman–Crippen LogP) is -0.396. The van der Waals surface area contributed by atoms with Crippen LogP contribution in [0.1, 0.15) is 29.2 Å². The van der Waals surface area contributed by atoms with Gasteiger partial charge in [-0.2, -0.15) is 5.10 Å². The van der Waals surface area contributed by atoms with Crippen molar-refractivity contribution < 1.29 is 9.90 Å². The third kappa shape index (κ3) is 1.69. The summed E-state index contributed by atoms with van der Waals surface area (Å²) < 4.78 is 0. The van der Waals surface area contributed by atoms with Gasteiger partial charge in [0.2, 0.25) is 0 Å². The van der Waals surface area contributed by atoms with Gasteiger partial charge in [-0.25, -0.2) is 0 Å². The number of H-pyrrole nitrogens is 1. The van der Waals surface area contributed by atoms with Gasteiger partial charge >= 0.3 is 0 Å². The van der Waals surface area contributed by atoms with Crippen LogP contribution < -0.4 is 5.73 Å². The van der Waals surface area contributed by atoms with E-state index < -0.39 is 6.10 Å². The molecule has 0 saturated carbocycles. The molecular formula is C7H11N3O2. The summed E-state index contributed by atoms with van der Waals surface area (Å²) in [4.78, 5) is 10.8. The summed E-state index contributed by atoms with van der Waals surface area (Å²) in [6, 6.07) is 1.50. The number of carbonyl (C=O) groups excluding carboxylic acids is 1. The number of aliphatic hydroxyl groups is 1. The van der Waals surface area contributed by atoms with Crippen molar-refractivity contribution in [2.24, 2.45) is 5.73 Å². The molecule has 1 aromatic rings. The van der Waals surface area contributed by atoms with E-state index in [1.807, 2.05) is 0 Å². The number of aliphatic hydroxyl groups excluding tert-OH is 1. The van der Waals surface area contributed by atoms with E-state index in [9.17, 15) is 9.90 Å². The molecule has 1 heterocycles. The molecule has 0 aliphatic carbocycles. The Kier molecular flexibility index (Phi) is 2.57. The van der Waals surface area contributed by atoms with Crippen molar-refractivity contribution in [1.29, 1.82) is 0 Å². The van der Waals surface area contributed by atoms with Gasteiger partial charge in [0.1, 0.15) is 11.8 Å². The zero-order chi connectivity index (χ0) is 9.14. The number of nitrogens with zero attached hydrogens (tertiary/aromatic N) is 1. The smallest absolute Gasteiger partial charge is 0.179 e. The first-order valence-electron chi connectivity index (χ1n) is 3.59. The molecule has 66 valence electrons. The van der Waals surface area contributed by atoms with E-state index in [4.69, 9.17) is 5.73 Å². The lowest BCUT2D eigenvalue weighted by Crippen LogP contribution is -2.11. The van der Waals surface area contributed by atoms with Crippen LogP contribution in [-0.2, 0) is 0 Å². The van der Waals surface area contributed by atoms with Gasteiger partial charge in [-0.05, 0) is 6.07 Å². The number of aromatic amines is 1. The fourth-order valence-corrected chi connectivity index (χ4v) is 0.815. The minimum atomic E-state index is -0.773. The number of hydrogen-bond donors (Lipinski definition) is 3. The Balaban J connectivity index is 2.84. The molecule has 0 radical (unpaired) electrons. The minimum Gasteiger partial charge on any atom is -0.385 e. The second-order valence-corrected chi connectivity index (χ2v) is 2.52. The fraction of sp³-hybridized carbons (Fsp3) is 0.429. The largest absolute Gasteiger partial charge is 0.385 e. The molecule has 12 heavy (non-hydrogen) atoms. The zero-order valence-corrected chi connectivity index (χ0v) is 6.74. The van der Waals surface area contributed by atoms with Crippen molar-refractivity contribution in [1.82, 2.24) is 10.2 Å². The molecule has 0 spiro atoms. The normalized spacial score (nSPS) is 12.9. The maximum absolute atomic E-state index is 10.8. The quantitative estimate of drug-likeness (QED) is 0.537. The highest BCUT2D eigenvalue weighted by atomic mass is 16.3. The summed E-state index contributed by atoms with van der Waals surface area (Å²) in [5.41, 5.74) is 6.00. The lowest BCUT2D eigenvalue weighted by Gasteiger charge is -2.01. The van der Waals surface area contributed by atoms with Gasteiger partial charge in [0.15, 0.2) is 5.78 Å². The van der Waals surface area contributed by atoms with Crippen LogP contribution in [0.4, 0.5) is 0 Å². The van der Waals surface area contributed by atoms with Gasteiger partial charge in [-0.1, -0.05) is 0 Å². The Bertz CT molecular complexity index is 282. The Morgan fingerprint density at radius 2 is 2.58 bits per heavy atom. The van der Waals surface area contributed by atoms with Crippen LogP contribution in [0, 0.1) is 0 Å². The number of carbonyl (C=O) groups is 1. The number of nitrogens with two attached hydrogens (primary N) is 1. The van der Waals surface area contributed by atoms with Gasteiger partial charge in [0.25, 0.3) is 0 Å². The van der Waals surface area contributed by atoms with Crippen molar-refractivity contribution >= 4 is 5.78 Å². The molecule has 1 atom stereocenters. The first kappa shape index (κ1) is 8.89. The van der Waals surface area contributed by atoms with E-state index in [0.29, 0.717) is 11.4 Å². The topological polar surface area (TPSA) is 92.0 Å². The molecule has 0 fully saturated rings. The molecule has 1 aromatic heterocycles. The van der Waals surface area contributed by atoms with Crippen molar-refractivity contribution in [3.63, 3.8) is 0 Å². The van der Waals surface area contributed by atoms with Crippen LogP contribution in [0.3, 0.4) is 0 Å². The molecule has 0 saturated heterocycles. The summed E-state index contributed by atoms with van der Waals surface area (Å²) in [5.74, 6) is -0.137. The summed E-state index contributed by atoms with van der Waals surface area (Å²) >= 11 is 0. The number of nitrogens with one attached hydrogen (secondary N) is 1. The highest BCUT2D eigenvalue weighted by Gasteiger charge is 2.10. The molecule has 5 nitrogen and oxygen atoms in total. The SMILES string of the molecule is CC(=O)c1cc(C(O)CN)[nH]n1. The second-order valence-electron chi connectivity index (χ2n) is 2.52. The fourth-order valence-electron chi connectivity index (χ4n) is 0.815. The Hall–Kier alpha value is -1.20. The Morgan fingerprint density at radius 3 is 3.00 bits per heavy atom. The molecular weight excluding hydrogens is 158 g/mol. The molecule has 5 heteroatoms. The van der Waals surface area contributed by atoms with E-state index in [0.717, 1.165) is 0 Å². The van der Waals surface area contributed by atoms with Gasteiger partial charge in [-0.15, -0.1) is 0 Å². The van der Waals surface area contributed by atoms with Gasteiger partial charge < -0.3 is 10.8 Å². The van der Waals surface area contributed by atoms with Crippen LogP contribution in [0.25, 0.3) is 0 Å². The summed E-state index contributed by atoms with van der Waals surface area (Å²) in [7, 11) is 0. The zero-order valence-electron chi connectivity index (χ0n) is 6.74. The lowest BCUT2D eigenvalue weighted by atomic mass is 10.2. The maximum Gasteiger partial charge on any atom is 0.179 e. The number of hydrogen-bond acceptors (Lipinski definition) is 4. The first-order valence-corrected chi connectivity index (χ1v) is 3.59. The van der Waals surface area contributed by atoms with E-state index in [1.165, 1.54) is 13.0 Å². The van der Waals surface area contributed by atoms with Crippen molar-refractivity contribution in [2.45, 2.75) is 13.0 Å². The first-order chi connectivity index (χ1) is 5.65. The van der Waals surface area contributed by atoms with Gasteiger partial charge in [0, 0.05) is 13.5 Å². The van der Waals surface area contributed by atoms with E-state index in [2.05, 4.69) is 10.2 Å². The minimum absolute atomic E-state index is 0.111. The molecule has 0 aromatic carbocycles. The number of rotatable bonds is 3. The van der Waals surface area contributed by atoms with Crippen LogP contribution in [0.2, 0.25) is 0 Å². The highest BCUT2D eigenvalue weighted by Crippen LogP contribution is 2.09. The molecule has 0 amide bonds. The van der Waals surface area contributed by atoms with E-state index >= 15 is 0 Å². The third-order valence-electron chi connectivity index (χ3n) is 1.54. The molecule has 0 bridgehead atoms. The lowest BCUT2D eigenvalue weighted by molar-refractivity contribution is 0.101. The van der Waals surface area contributed by atoms with Crippen molar-refractivity contribution in [3.05, 3.63) is 17.5 Å². The Labute approximate surface area is 69.6 Å². The predicted molar refractivity (Wildman–Crippen MR) is 42.6 cm³/mol. The molecule has 1 rings (SSSR count). The summed E-state index contributed by atoms with van der Waals surface area (Å²) in [6.07, 6.45) is -0.773. The van der Waals surface area contributed by atoms with Crippen LogP contribution in [0.15, 0.2) is 6.07 Å². The Morgan fingerprint density at radius 1 is 1.92 bits per heavy atom. The maximum atomic E-state index is 10.8. The standard InChI is InChI=1S/C7H11N3O2/c1-4(11)5-2-6(10-9-5)7(12)3-8/h2,7,12H,3,8H2,1H3,(H,9,10). The van der Waals surface area contributed by atoms with Crippen molar-refractivity contribution in [2.75, 3.05) is 6.54 Å². The van der Waals surface area contributed by atoms with Crippen LogP contribution in [0.5, 0.6) is 0 Å². The summed E-state index contributed by atoms with van der Waals surface area (Å²) in [5, 5.41) is 15.4. The summed E-state index contributed by atoms with van der Waals surface area (Å²) in [6.45, 7) is 1.52. The monoisotopic (exact) mass is 169 g/mol. The molecule has 4 N–H and O–H groups in total. The third-order valence-corrected chi connectivity index (χ3v) is 1.54. The average molecular weight is 169 g/mol. The van der Waals surface area contributed by atoms with E-state index in [1.54, 1.807) is 0 Å². The molecule has 1 unspecified atom stereocenters. The van der Waals surface area contributed by atoms with E-state index in [-0.39, 0.29) is 12.3 Å². The second kappa shape index (κ2) is 3.46. The highest BCUT2D eigenvalue weighted by molar-refractivity contribution is 5.92. The number of ketones is 1. The number of aromatic nitrogens is 2. The van der Waals surface area contributed by atoms with Crippen LogP contribution >= 0.6 is 0 Å². The van der Waals surface area contributed by atoms with Crippen molar-refractivity contribution in [3.8, 4) is 0 Å². The van der Waals surface area contributed by atoms with Gasteiger partial charge in [0.05, 0.1) is 5.69 Å². The number of Topliss-reactive ketones (excluding diaryl/α,β-unsaturated/α-hetero) is 1. The molecule has 0 aliphatic rings. The van der Waals surface area contributed by atoms with Crippen LogP contribution in [-0.4, -0.2) is 27.6 Å².